The van der Waals surface area contributed by atoms with Gasteiger partial charge in [-0.25, -0.2) is 4.68 Å². The third-order valence-corrected chi connectivity index (χ3v) is 5.10. The molecule has 1 fully saturated rings. The predicted octanol–water partition coefficient (Wildman–Crippen LogP) is 2.57. The lowest BCUT2D eigenvalue weighted by Crippen LogP contribution is -2.30. The van der Waals surface area contributed by atoms with Crippen LogP contribution in [-0.4, -0.2) is 31.4 Å². The molecular weight excluding hydrogens is 314 g/mol. The molecule has 2 heterocycles. The lowest BCUT2D eigenvalue weighted by Gasteiger charge is -2.22. The Kier molecular flexibility index (Phi) is 5.32. The number of nitrogens with one attached hydrogen (secondary N) is 1. The van der Waals surface area contributed by atoms with E-state index in [2.05, 4.69) is 20.8 Å². The van der Waals surface area contributed by atoms with E-state index in [0.717, 1.165) is 23.8 Å². The molecule has 0 bridgehead atoms. The van der Waals surface area contributed by atoms with Gasteiger partial charge < -0.3 is 9.73 Å². The summed E-state index contributed by atoms with van der Waals surface area (Å²) in [4.78, 5) is 12.2. The highest BCUT2D eigenvalue weighted by Crippen LogP contribution is 2.31. The van der Waals surface area contributed by atoms with Crippen LogP contribution in [0.2, 0.25) is 0 Å². The van der Waals surface area contributed by atoms with Crippen molar-refractivity contribution >= 4 is 17.7 Å². The molecular formula is C15H21N5O2S. The number of carbonyl (C=O) groups excluding carboxylic acids is 1. The molecule has 1 unspecified atom stereocenters. The standard InChI is InChI=1S/C15H21N5O2S/c1-11(14(21)16-10-13-8-5-9-22-13)23-15-17-18-19-20(15)12-6-3-2-4-7-12/h5,8-9,11-12H,2-4,6-7,10H2,1H3,(H,16,21). The van der Waals surface area contributed by atoms with Gasteiger partial charge in [0.05, 0.1) is 24.1 Å². The average Bonchev–Trinajstić information content (AvgIpc) is 3.25. The molecule has 8 heteroatoms. The van der Waals surface area contributed by atoms with Crippen LogP contribution in [0, 0.1) is 0 Å². The normalized spacial score (nSPS) is 17.1. The van der Waals surface area contributed by atoms with E-state index in [-0.39, 0.29) is 11.2 Å². The molecule has 1 atom stereocenters. The highest BCUT2D eigenvalue weighted by molar-refractivity contribution is 8.00. The molecule has 1 N–H and O–H groups in total. The third-order valence-electron chi connectivity index (χ3n) is 4.05. The van der Waals surface area contributed by atoms with Gasteiger partial charge >= 0.3 is 0 Å². The number of thioether (sulfide) groups is 1. The van der Waals surface area contributed by atoms with E-state index in [4.69, 9.17) is 4.42 Å². The van der Waals surface area contributed by atoms with E-state index in [1.54, 1.807) is 12.3 Å². The molecule has 0 aromatic carbocycles. The molecule has 0 aliphatic heterocycles. The Hall–Kier alpha value is -1.83. The largest absolute Gasteiger partial charge is 0.467 e. The Morgan fingerprint density at radius 2 is 2.30 bits per heavy atom. The fourth-order valence-electron chi connectivity index (χ4n) is 2.76. The molecule has 124 valence electrons. The Bertz CT molecular complexity index is 622. The number of hydrogen-bond acceptors (Lipinski definition) is 6. The third kappa shape index (κ3) is 4.13. The fourth-order valence-corrected chi connectivity index (χ4v) is 3.64. The lowest BCUT2D eigenvalue weighted by atomic mass is 9.96. The first-order chi connectivity index (χ1) is 11.2. The Morgan fingerprint density at radius 3 is 3.04 bits per heavy atom. The van der Waals surface area contributed by atoms with Crippen LogP contribution in [0.1, 0.15) is 50.8 Å². The summed E-state index contributed by atoms with van der Waals surface area (Å²) in [7, 11) is 0. The number of furan rings is 1. The van der Waals surface area contributed by atoms with Gasteiger partial charge in [0.25, 0.3) is 0 Å². The summed E-state index contributed by atoms with van der Waals surface area (Å²) in [6, 6.07) is 4.00. The van der Waals surface area contributed by atoms with Crippen LogP contribution in [0.25, 0.3) is 0 Å². The highest BCUT2D eigenvalue weighted by Gasteiger charge is 2.23. The Balaban J connectivity index is 1.56. The van der Waals surface area contributed by atoms with Gasteiger partial charge in [-0.05, 0) is 42.3 Å². The Morgan fingerprint density at radius 1 is 1.48 bits per heavy atom. The maximum atomic E-state index is 12.2. The van der Waals surface area contributed by atoms with E-state index in [0.29, 0.717) is 12.6 Å². The van der Waals surface area contributed by atoms with Gasteiger partial charge in [0.2, 0.25) is 11.1 Å². The minimum atomic E-state index is -0.265. The number of rotatable bonds is 6. The van der Waals surface area contributed by atoms with Crippen LogP contribution in [0.5, 0.6) is 0 Å². The van der Waals surface area contributed by atoms with E-state index in [1.807, 2.05) is 17.7 Å². The van der Waals surface area contributed by atoms with E-state index >= 15 is 0 Å². The zero-order valence-corrected chi connectivity index (χ0v) is 14.0. The van der Waals surface area contributed by atoms with Crippen molar-refractivity contribution < 1.29 is 9.21 Å². The van der Waals surface area contributed by atoms with E-state index in [9.17, 15) is 4.79 Å². The molecule has 23 heavy (non-hydrogen) atoms. The molecule has 2 aromatic rings. The van der Waals surface area contributed by atoms with Gasteiger partial charge in [-0.15, -0.1) is 5.10 Å². The quantitative estimate of drug-likeness (QED) is 0.817. The number of nitrogens with zero attached hydrogens (tertiary/aromatic N) is 4. The topological polar surface area (TPSA) is 85.8 Å². The van der Waals surface area contributed by atoms with Crippen molar-refractivity contribution in [2.45, 2.75) is 62.0 Å². The molecule has 0 spiro atoms. The van der Waals surface area contributed by atoms with Crippen LogP contribution in [0.4, 0.5) is 0 Å². The number of hydrogen-bond donors (Lipinski definition) is 1. The van der Waals surface area contributed by atoms with Gasteiger partial charge in [-0.1, -0.05) is 31.0 Å². The first-order valence-corrected chi connectivity index (χ1v) is 8.86. The molecule has 3 rings (SSSR count). The lowest BCUT2D eigenvalue weighted by molar-refractivity contribution is -0.120. The van der Waals surface area contributed by atoms with Crippen molar-refractivity contribution in [3.63, 3.8) is 0 Å². The van der Waals surface area contributed by atoms with Crippen molar-refractivity contribution in [2.24, 2.45) is 0 Å². The second-order valence-corrected chi connectivity index (χ2v) is 7.06. The number of tetrazole rings is 1. The van der Waals surface area contributed by atoms with Crippen molar-refractivity contribution in [2.75, 3.05) is 0 Å². The maximum absolute atomic E-state index is 12.2. The van der Waals surface area contributed by atoms with Gasteiger partial charge in [-0.2, -0.15) is 0 Å². The second-order valence-electron chi connectivity index (χ2n) is 5.76. The smallest absolute Gasteiger partial charge is 0.233 e. The number of aromatic nitrogens is 4. The van der Waals surface area contributed by atoms with Crippen molar-refractivity contribution in [3.05, 3.63) is 24.2 Å². The molecule has 1 amide bonds. The average molecular weight is 335 g/mol. The van der Waals surface area contributed by atoms with Crippen LogP contribution in [0.3, 0.4) is 0 Å². The highest BCUT2D eigenvalue weighted by atomic mass is 32.2. The van der Waals surface area contributed by atoms with Crippen LogP contribution in [0.15, 0.2) is 28.0 Å². The predicted molar refractivity (Wildman–Crippen MR) is 85.8 cm³/mol. The first kappa shape index (κ1) is 16.0. The first-order valence-electron chi connectivity index (χ1n) is 7.98. The van der Waals surface area contributed by atoms with E-state index < -0.39 is 0 Å². The summed E-state index contributed by atoms with van der Waals surface area (Å²) in [6.45, 7) is 2.26. The fraction of sp³-hybridized carbons (Fsp3) is 0.600. The summed E-state index contributed by atoms with van der Waals surface area (Å²) < 4.78 is 7.10. The summed E-state index contributed by atoms with van der Waals surface area (Å²) in [5.74, 6) is 0.687. The van der Waals surface area contributed by atoms with Gasteiger partial charge in [0, 0.05) is 0 Å². The summed E-state index contributed by atoms with van der Waals surface area (Å²) in [5.41, 5.74) is 0. The van der Waals surface area contributed by atoms with Crippen molar-refractivity contribution in [3.8, 4) is 0 Å². The van der Waals surface area contributed by atoms with Crippen LogP contribution < -0.4 is 5.32 Å². The molecule has 1 aliphatic rings. The summed E-state index contributed by atoms with van der Waals surface area (Å²) >= 11 is 1.40. The summed E-state index contributed by atoms with van der Waals surface area (Å²) in [6.07, 6.45) is 7.53. The van der Waals surface area contributed by atoms with Crippen LogP contribution >= 0.6 is 11.8 Å². The summed E-state index contributed by atoms with van der Waals surface area (Å²) in [5, 5.41) is 15.3. The van der Waals surface area contributed by atoms with Crippen molar-refractivity contribution in [1.29, 1.82) is 0 Å². The van der Waals surface area contributed by atoms with Crippen LogP contribution in [-0.2, 0) is 11.3 Å². The number of carbonyl (C=O) groups is 1. The monoisotopic (exact) mass is 335 g/mol. The van der Waals surface area contributed by atoms with Gasteiger partial charge in [-0.3, -0.25) is 4.79 Å². The minimum absolute atomic E-state index is 0.0513. The van der Waals surface area contributed by atoms with Crippen molar-refractivity contribution in [1.82, 2.24) is 25.5 Å². The second kappa shape index (κ2) is 7.63. The molecule has 2 aromatic heterocycles. The van der Waals surface area contributed by atoms with E-state index in [1.165, 1.54) is 31.0 Å². The molecule has 1 saturated carbocycles. The minimum Gasteiger partial charge on any atom is -0.467 e. The zero-order chi connectivity index (χ0) is 16.1. The maximum Gasteiger partial charge on any atom is 0.233 e. The molecule has 7 nitrogen and oxygen atoms in total. The SMILES string of the molecule is CC(Sc1nnnn1C1CCCCC1)C(=O)NCc1ccco1. The molecule has 0 saturated heterocycles. The number of amides is 1. The zero-order valence-electron chi connectivity index (χ0n) is 13.1. The van der Waals surface area contributed by atoms with Gasteiger partial charge in [0.15, 0.2) is 0 Å². The van der Waals surface area contributed by atoms with Gasteiger partial charge in [0.1, 0.15) is 5.76 Å². The molecule has 0 radical (unpaired) electrons. The Labute approximate surface area is 139 Å². The molecule has 1 aliphatic carbocycles.